The predicted molar refractivity (Wildman–Crippen MR) is 126 cm³/mol. The number of halogens is 3. The van der Waals surface area contributed by atoms with Gasteiger partial charge in [-0.2, -0.15) is 13.2 Å². The second-order valence-corrected chi connectivity index (χ2v) is 9.85. The molecule has 0 saturated heterocycles. The van der Waals surface area contributed by atoms with Gasteiger partial charge < -0.3 is 4.90 Å². The van der Waals surface area contributed by atoms with E-state index in [9.17, 15) is 13.2 Å². The lowest BCUT2D eigenvalue weighted by atomic mass is 10.00. The highest BCUT2D eigenvalue weighted by molar-refractivity contribution is 8.02. The van der Waals surface area contributed by atoms with E-state index in [-0.39, 0.29) is 10.9 Å². The molecule has 0 saturated carbocycles. The number of hydrogen-bond acceptors (Lipinski definition) is 3. The zero-order valence-electron chi connectivity index (χ0n) is 18.4. The molecule has 0 spiro atoms. The van der Waals surface area contributed by atoms with Gasteiger partial charge in [0.25, 0.3) is 0 Å². The summed E-state index contributed by atoms with van der Waals surface area (Å²) in [4.78, 5) is 7.18. The molecule has 6 heteroatoms. The average molecular weight is 455 g/mol. The van der Waals surface area contributed by atoms with E-state index in [4.69, 9.17) is 4.98 Å². The molecule has 1 aromatic heterocycles. The Bertz CT molecular complexity index is 1130. The zero-order valence-corrected chi connectivity index (χ0v) is 19.3. The van der Waals surface area contributed by atoms with Crippen LogP contribution in [0.1, 0.15) is 48.7 Å². The van der Waals surface area contributed by atoms with Gasteiger partial charge in [0.2, 0.25) is 0 Å². The fraction of sp³-hybridized carbons (Fsp3) is 0.269. The van der Waals surface area contributed by atoms with Crippen LogP contribution in [0.15, 0.2) is 72.1 Å². The largest absolute Gasteiger partial charge is 0.416 e. The number of nitrogens with zero attached hydrogens (tertiary/aromatic N) is 2. The van der Waals surface area contributed by atoms with E-state index < -0.39 is 11.7 Å². The SMILES string of the molecule is Cc1cc(-c2ccc(C(F)(F)F)cc2)cc(C2SC=C(c3ccccc3)N2C(C)(C)C)n1. The second kappa shape index (κ2) is 8.32. The Labute approximate surface area is 191 Å². The minimum absolute atomic E-state index is 0.0293. The van der Waals surface area contributed by atoms with Crippen LogP contribution in [0.4, 0.5) is 13.2 Å². The molecule has 166 valence electrons. The van der Waals surface area contributed by atoms with E-state index in [0.29, 0.717) is 0 Å². The first-order chi connectivity index (χ1) is 15.0. The van der Waals surface area contributed by atoms with E-state index in [2.05, 4.69) is 43.2 Å². The van der Waals surface area contributed by atoms with Crippen molar-refractivity contribution in [1.82, 2.24) is 9.88 Å². The van der Waals surface area contributed by atoms with Crippen molar-refractivity contribution in [2.24, 2.45) is 0 Å². The maximum absolute atomic E-state index is 13.0. The Morgan fingerprint density at radius 2 is 1.50 bits per heavy atom. The first-order valence-corrected chi connectivity index (χ1v) is 11.3. The molecule has 1 aliphatic heterocycles. The number of alkyl halides is 3. The molecule has 1 atom stereocenters. The summed E-state index contributed by atoms with van der Waals surface area (Å²) in [6, 6.07) is 19.5. The molecule has 0 fully saturated rings. The van der Waals surface area contributed by atoms with Gasteiger partial charge in [-0.25, -0.2) is 0 Å². The number of pyridine rings is 1. The van der Waals surface area contributed by atoms with Gasteiger partial charge in [0, 0.05) is 11.2 Å². The summed E-state index contributed by atoms with van der Waals surface area (Å²) in [5.74, 6) is 0. The van der Waals surface area contributed by atoms with Crippen molar-refractivity contribution < 1.29 is 13.2 Å². The molecule has 0 radical (unpaired) electrons. The second-order valence-electron chi connectivity index (χ2n) is 8.90. The van der Waals surface area contributed by atoms with Gasteiger partial charge >= 0.3 is 6.18 Å². The topological polar surface area (TPSA) is 16.1 Å². The molecule has 0 bridgehead atoms. The number of benzene rings is 2. The zero-order chi connectivity index (χ0) is 23.1. The van der Waals surface area contributed by atoms with Crippen molar-refractivity contribution in [3.63, 3.8) is 0 Å². The fourth-order valence-electron chi connectivity index (χ4n) is 3.94. The van der Waals surface area contributed by atoms with Gasteiger partial charge in [-0.1, -0.05) is 42.5 Å². The summed E-state index contributed by atoms with van der Waals surface area (Å²) in [7, 11) is 0. The molecule has 1 aliphatic rings. The minimum Gasteiger partial charge on any atom is -0.348 e. The van der Waals surface area contributed by atoms with Gasteiger partial charge in [0.1, 0.15) is 5.37 Å². The summed E-state index contributed by atoms with van der Waals surface area (Å²) in [5.41, 5.74) is 4.82. The number of thioether (sulfide) groups is 1. The number of rotatable bonds is 3. The van der Waals surface area contributed by atoms with Crippen molar-refractivity contribution in [1.29, 1.82) is 0 Å². The van der Waals surface area contributed by atoms with Gasteiger partial charge in [0.05, 0.1) is 17.0 Å². The van der Waals surface area contributed by atoms with Crippen molar-refractivity contribution in [3.05, 3.63) is 94.7 Å². The standard InChI is InChI=1S/C26H25F3N2S/c1-17-14-20(18-10-12-21(13-11-18)26(27,28)29)15-22(30-17)24-31(25(2,3)4)23(16-32-24)19-8-6-5-7-9-19/h5-16,24H,1-4H3. The summed E-state index contributed by atoms with van der Waals surface area (Å²) in [6.07, 6.45) is -4.34. The molecule has 0 amide bonds. The van der Waals surface area contributed by atoms with Crippen LogP contribution < -0.4 is 0 Å². The lowest BCUT2D eigenvalue weighted by Gasteiger charge is -2.40. The van der Waals surface area contributed by atoms with Gasteiger partial charge in [0.15, 0.2) is 0 Å². The lowest BCUT2D eigenvalue weighted by molar-refractivity contribution is -0.137. The maximum atomic E-state index is 13.0. The summed E-state index contributed by atoms with van der Waals surface area (Å²) in [6.45, 7) is 8.45. The third kappa shape index (κ3) is 4.56. The number of hydrogen-bond donors (Lipinski definition) is 0. The van der Waals surface area contributed by atoms with Crippen molar-refractivity contribution in [2.75, 3.05) is 0 Å². The molecule has 1 unspecified atom stereocenters. The average Bonchev–Trinajstić information content (AvgIpc) is 3.19. The molecule has 3 aromatic rings. The van der Waals surface area contributed by atoms with Gasteiger partial charge in [-0.3, -0.25) is 4.98 Å². The number of aryl methyl sites for hydroxylation is 1. The fourth-order valence-corrected chi connectivity index (χ4v) is 5.26. The maximum Gasteiger partial charge on any atom is 0.416 e. The highest BCUT2D eigenvalue weighted by Crippen LogP contribution is 2.49. The normalized spacial score (nSPS) is 16.9. The monoisotopic (exact) mass is 454 g/mol. The first-order valence-electron chi connectivity index (χ1n) is 10.4. The third-order valence-electron chi connectivity index (χ3n) is 5.37. The highest BCUT2D eigenvalue weighted by Gasteiger charge is 2.37. The molecule has 32 heavy (non-hydrogen) atoms. The molecule has 2 heterocycles. The number of aromatic nitrogens is 1. The van der Waals surface area contributed by atoms with Crippen LogP contribution in [-0.2, 0) is 6.18 Å². The summed E-state index contributed by atoms with van der Waals surface area (Å²) >= 11 is 1.70. The molecule has 4 rings (SSSR count). The van der Waals surface area contributed by atoms with Crippen LogP contribution in [0.5, 0.6) is 0 Å². The van der Waals surface area contributed by atoms with Gasteiger partial charge in [-0.05, 0) is 74.1 Å². The van der Waals surface area contributed by atoms with Crippen LogP contribution in [0, 0.1) is 6.92 Å². The summed E-state index contributed by atoms with van der Waals surface area (Å²) in [5, 5.41) is 2.14. The van der Waals surface area contributed by atoms with E-state index in [1.54, 1.807) is 11.8 Å². The Kier molecular flexibility index (Phi) is 5.84. The third-order valence-corrected chi connectivity index (χ3v) is 6.44. The predicted octanol–water partition coefficient (Wildman–Crippen LogP) is 7.92. The van der Waals surface area contributed by atoms with Crippen LogP contribution in [0.2, 0.25) is 0 Å². The smallest absolute Gasteiger partial charge is 0.348 e. The first kappa shape index (κ1) is 22.5. The molecular formula is C26H25F3N2S. The van der Waals surface area contributed by atoms with E-state index in [1.807, 2.05) is 37.3 Å². The molecule has 0 aliphatic carbocycles. The Morgan fingerprint density at radius 1 is 0.844 bits per heavy atom. The van der Waals surface area contributed by atoms with Crippen LogP contribution in [-0.4, -0.2) is 15.4 Å². The Balaban J connectivity index is 1.72. The molecule has 0 N–H and O–H groups in total. The summed E-state index contributed by atoms with van der Waals surface area (Å²) < 4.78 is 38.9. The molecule has 2 aromatic carbocycles. The lowest BCUT2D eigenvalue weighted by Crippen LogP contribution is -2.39. The van der Waals surface area contributed by atoms with E-state index in [0.717, 1.165) is 45.9 Å². The van der Waals surface area contributed by atoms with Crippen LogP contribution >= 0.6 is 11.8 Å². The molecule has 2 nitrogen and oxygen atoms in total. The van der Waals surface area contributed by atoms with Crippen molar-refractivity contribution in [3.8, 4) is 11.1 Å². The van der Waals surface area contributed by atoms with E-state index in [1.165, 1.54) is 12.1 Å². The highest BCUT2D eigenvalue weighted by atomic mass is 32.2. The Hall–Kier alpha value is -2.73. The van der Waals surface area contributed by atoms with Gasteiger partial charge in [-0.15, -0.1) is 11.8 Å². The minimum atomic E-state index is -4.34. The van der Waals surface area contributed by atoms with Crippen molar-refractivity contribution >= 4 is 17.5 Å². The quantitative estimate of drug-likeness (QED) is 0.400. The Morgan fingerprint density at radius 3 is 2.09 bits per heavy atom. The van der Waals surface area contributed by atoms with Crippen LogP contribution in [0.3, 0.4) is 0 Å². The van der Waals surface area contributed by atoms with E-state index >= 15 is 0 Å². The molecular weight excluding hydrogens is 429 g/mol. The van der Waals surface area contributed by atoms with Crippen LogP contribution in [0.25, 0.3) is 16.8 Å². The van der Waals surface area contributed by atoms with Crippen molar-refractivity contribution in [2.45, 2.75) is 44.8 Å².